The molecule has 0 saturated heterocycles. The van der Waals surface area contributed by atoms with Crippen LogP contribution in [0.4, 0.5) is 4.39 Å². The molecular formula is C12H17ClFNO. The molecule has 0 radical (unpaired) electrons. The molecule has 0 bridgehead atoms. The molecule has 2 atom stereocenters. The van der Waals surface area contributed by atoms with Crippen LogP contribution in [-0.2, 0) is 0 Å². The van der Waals surface area contributed by atoms with Crippen LogP contribution in [0, 0.1) is 18.7 Å². The molecule has 0 aliphatic rings. The molecule has 0 spiro atoms. The normalized spacial score (nSPS) is 15.2. The van der Waals surface area contributed by atoms with E-state index in [1.165, 1.54) is 0 Å². The smallest absolute Gasteiger partial charge is 0.132 e. The van der Waals surface area contributed by atoms with Gasteiger partial charge in [-0.2, -0.15) is 0 Å². The number of aliphatic hydroxyl groups is 1. The van der Waals surface area contributed by atoms with Gasteiger partial charge in [0.15, 0.2) is 0 Å². The average Bonchev–Trinajstić information content (AvgIpc) is 2.22. The maximum Gasteiger partial charge on any atom is 0.132 e. The Labute approximate surface area is 100 Å². The molecule has 3 N–H and O–H groups in total. The van der Waals surface area contributed by atoms with Gasteiger partial charge in [-0.3, -0.25) is 0 Å². The first-order valence-electron chi connectivity index (χ1n) is 5.24. The van der Waals surface area contributed by atoms with Gasteiger partial charge in [0.05, 0.1) is 12.1 Å². The quantitative estimate of drug-likeness (QED) is 0.860. The lowest BCUT2D eigenvalue weighted by molar-refractivity contribution is 0.0966. The van der Waals surface area contributed by atoms with Crippen LogP contribution >= 0.6 is 11.6 Å². The van der Waals surface area contributed by atoms with E-state index in [9.17, 15) is 9.50 Å². The molecule has 0 aromatic heterocycles. The maximum absolute atomic E-state index is 13.9. The van der Waals surface area contributed by atoms with Gasteiger partial charge in [0.25, 0.3) is 0 Å². The zero-order valence-corrected chi connectivity index (χ0v) is 10.4. The number of nitrogens with two attached hydrogens (primary N) is 1. The van der Waals surface area contributed by atoms with Crippen molar-refractivity contribution in [1.82, 2.24) is 0 Å². The fraction of sp³-hybridized carbons (Fsp3) is 0.500. The van der Waals surface area contributed by atoms with Crippen molar-refractivity contribution in [3.63, 3.8) is 0 Å². The molecule has 4 heteroatoms. The first-order chi connectivity index (χ1) is 7.36. The second-order valence-corrected chi connectivity index (χ2v) is 4.76. The van der Waals surface area contributed by atoms with Crippen LogP contribution in [0.25, 0.3) is 0 Å². The average molecular weight is 246 g/mol. The molecule has 90 valence electrons. The van der Waals surface area contributed by atoms with E-state index in [4.69, 9.17) is 17.3 Å². The zero-order valence-electron chi connectivity index (χ0n) is 9.67. The van der Waals surface area contributed by atoms with Gasteiger partial charge in [-0.1, -0.05) is 31.5 Å². The minimum atomic E-state index is -0.811. The summed E-state index contributed by atoms with van der Waals surface area (Å²) in [6.45, 7) is 5.29. The first kappa shape index (κ1) is 13.4. The Morgan fingerprint density at radius 1 is 1.38 bits per heavy atom. The molecule has 1 aromatic carbocycles. The van der Waals surface area contributed by atoms with E-state index in [0.717, 1.165) is 0 Å². The number of benzene rings is 1. The Bertz CT molecular complexity index is 382. The summed E-state index contributed by atoms with van der Waals surface area (Å²) in [6, 6.07) is 2.39. The van der Waals surface area contributed by atoms with Crippen molar-refractivity contribution >= 4 is 11.6 Å². The van der Waals surface area contributed by atoms with Gasteiger partial charge < -0.3 is 10.8 Å². The second-order valence-electron chi connectivity index (χ2n) is 4.35. The SMILES string of the molecule is Cc1ccc(Cl)c([C@@H](N)[C@@H](O)C(C)C)c1F. The third kappa shape index (κ3) is 2.54. The van der Waals surface area contributed by atoms with Crippen LogP contribution in [0.5, 0.6) is 0 Å². The summed E-state index contributed by atoms with van der Waals surface area (Å²) in [4.78, 5) is 0. The molecule has 0 aliphatic carbocycles. The predicted octanol–water partition coefficient (Wildman–Crippen LogP) is 2.80. The van der Waals surface area contributed by atoms with Gasteiger partial charge in [0.2, 0.25) is 0 Å². The highest BCUT2D eigenvalue weighted by atomic mass is 35.5. The van der Waals surface area contributed by atoms with Crippen LogP contribution in [0.15, 0.2) is 12.1 Å². The van der Waals surface area contributed by atoms with Gasteiger partial charge in [-0.05, 0) is 24.5 Å². The lowest BCUT2D eigenvalue weighted by Gasteiger charge is -2.24. The molecular weight excluding hydrogens is 229 g/mol. The molecule has 2 nitrogen and oxygen atoms in total. The van der Waals surface area contributed by atoms with Crippen LogP contribution in [0.1, 0.15) is 31.0 Å². The zero-order chi connectivity index (χ0) is 12.5. The number of aliphatic hydroxyl groups excluding tert-OH is 1. The number of rotatable bonds is 3. The van der Waals surface area contributed by atoms with Crippen LogP contribution < -0.4 is 5.73 Å². The standard InChI is InChI=1S/C12H17ClFNO/c1-6(2)12(16)11(15)9-8(13)5-4-7(3)10(9)14/h4-6,11-12,16H,15H2,1-3H3/t11-,12+/m1/s1. The van der Waals surface area contributed by atoms with Gasteiger partial charge >= 0.3 is 0 Å². The van der Waals surface area contributed by atoms with Crippen molar-refractivity contribution in [3.8, 4) is 0 Å². The predicted molar refractivity (Wildman–Crippen MR) is 63.9 cm³/mol. The number of aryl methyl sites for hydroxylation is 1. The summed E-state index contributed by atoms with van der Waals surface area (Å²) in [6.07, 6.45) is -0.811. The number of hydrogen-bond donors (Lipinski definition) is 2. The molecule has 0 heterocycles. The summed E-state index contributed by atoms with van der Waals surface area (Å²) < 4.78 is 13.9. The Morgan fingerprint density at radius 2 is 1.94 bits per heavy atom. The third-order valence-electron chi connectivity index (χ3n) is 2.70. The summed E-state index contributed by atoms with van der Waals surface area (Å²) >= 11 is 5.91. The highest BCUT2D eigenvalue weighted by Crippen LogP contribution is 2.30. The van der Waals surface area contributed by atoms with Crippen LogP contribution in [0.3, 0.4) is 0 Å². The summed E-state index contributed by atoms with van der Waals surface area (Å²) in [5, 5.41) is 10.1. The van der Waals surface area contributed by atoms with Crippen molar-refractivity contribution in [1.29, 1.82) is 0 Å². The molecule has 0 fully saturated rings. The third-order valence-corrected chi connectivity index (χ3v) is 3.03. The van der Waals surface area contributed by atoms with Crippen molar-refractivity contribution in [2.75, 3.05) is 0 Å². The van der Waals surface area contributed by atoms with Crippen molar-refractivity contribution in [3.05, 3.63) is 34.1 Å². The highest BCUT2D eigenvalue weighted by molar-refractivity contribution is 6.31. The lowest BCUT2D eigenvalue weighted by atomic mass is 9.93. The van der Waals surface area contributed by atoms with Gasteiger partial charge in [0.1, 0.15) is 5.82 Å². The monoisotopic (exact) mass is 245 g/mol. The summed E-state index contributed by atoms with van der Waals surface area (Å²) in [5.41, 5.74) is 6.51. The van der Waals surface area contributed by atoms with E-state index >= 15 is 0 Å². The minimum Gasteiger partial charge on any atom is -0.391 e. The minimum absolute atomic E-state index is 0.0500. The maximum atomic E-state index is 13.9. The Kier molecular flexibility index (Phi) is 4.30. The topological polar surface area (TPSA) is 46.2 Å². The van der Waals surface area contributed by atoms with E-state index in [1.54, 1.807) is 19.1 Å². The number of halogens is 2. The Morgan fingerprint density at radius 3 is 2.44 bits per heavy atom. The molecule has 1 rings (SSSR count). The van der Waals surface area contributed by atoms with Crippen molar-refractivity contribution < 1.29 is 9.50 Å². The fourth-order valence-electron chi connectivity index (χ4n) is 1.57. The molecule has 0 unspecified atom stereocenters. The van der Waals surface area contributed by atoms with Crippen molar-refractivity contribution in [2.45, 2.75) is 32.9 Å². The molecule has 0 amide bonds. The van der Waals surface area contributed by atoms with Crippen molar-refractivity contribution in [2.24, 2.45) is 11.7 Å². The highest BCUT2D eigenvalue weighted by Gasteiger charge is 2.25. The molecule has 1 aromatic rings. The van der Waals surface area contributed by atoms with Crippen LogP contribution in [0.2, 0.25) is 5.02 Å². The molecule has 16 heavy (non-hydrogen) atoms. The van der Waals surface area contributed by atoms with Gasteiger partial charge in [-0.25, -0.2) is 4.39 Å². The first-order valence-corrected chi connectivity index (χ1v) is 5.62. The Hall–Kier alpha value is -0.640. The summed E-state index contributed by atoms with van der Waals surface area (Å²) in [7, 11) is 0. The van der Waals surface area contributed by atoms with Gasteiger partial charge in [0, 0.05) is 10.6 Å². The summed E-state index contributed by atoms with van der Waals surface area (Å²) in [5.74, 6) is -0.481. The van der Waals surface area contributed by atoms with E-state index < -0.39 is 18.0 Å². The number of hydrogen-bond acceptors (Lipinski definition) is 2. The van der Waals surface area contributed by atoms with Crippen LogP contribution in [-0.4, -0.2) is 11.2 Å². The van der Waals surface area contributed by atoms with Gasteiger partial charge in [-0.15, -0.1) is 0 Å². The molecule has 0 aliphatic heterocycles. The fourth-order valence-corrected chi connectivity index (χ4v) is 1.84. The Balaban J connectivity index is 3.17. The second kappa shape index (κ2) is 5.13. The molecule has 0 saturated carbocycles. The van der Waals surface area contributed by atoms with E-state index in [-0.39, 0.29) is 16.5 Å². The van der Waals surface area contributed by atoms with E-state index in [2.05, 4.69) is 0 Å². The largest absolute Gasteiger partial charge is 0.391 e. The van der Waals surface area contributed by atoms with E-state index in [0.29, 0.717) is 5.56 Å². The lowest BCUT2D eigenvalue weighted by Crippen LogP contribution is -2.31. The van der Waals surface area contributed by atoms with E-state index in [1.807, 2.05) is 13.8 Å².